The van der Waals surface area contributed by atoms with E-state index < -0.39 is 12.0 Å². The number of para-hydroxylation sites is 1. The maximum absolute atomic E-state index is 13.3. The first-order chi connectivity index (χ1) is 15.8. The molecule has 0 aromatic heterocycles. The third kappa shape index (κ3) is 6.57. The molecule has 2 aromatic carbocycles. The Hall–Kier alpha value is -2.86. The number of hydrogen-bond donors (Lipinski definition) is 1. The van der Waals surface area contributed by atoms with Gasteiger partial charge in [-0.05, 0) is 56.9 Å². The number of rotatable bonds is 12. The van der Waals surface area contributed by atoms with Crippen molar-refractivity contribution in [3.05, 3.63) is 65.2 Å². The summed E-state index contributed by atoms with van der Waals surface area (Å²) in [5, 5.41) is 8.73. The summed E-state index contributed by atoms with van der Waals surface area (Å²) in [4.78, 5) is 25.5. The Morgan fingerprint density at radius 3 is 2.50 bits per heavy atom. The van der Waals surface area contributed by atoms with Gasteiger partial charge in [-0.1, -0.05) is 30.3 Å². The third-order valence-corrected chi connectivity index (χ3v) is 5.61. The molecule has 1 aliphatic heterocycles. The van der Waals surface area contributed by atoms with E-state index in [4.69, 9.17) is 16.0 Å². The zero-order valence-electron chi connectivity index (χ0n) is 19.9. The van der Waals surface area contributed by atoms with E-state index in [1.54, 1.807) is 26.0 Å². The summed E-state index contributed by atoms with van der Waals surface area (Å²) in [6, 6.07) is 13.9. The molecule has 1 amide bonds. The second-order valence-electron chi connectivity index (χ2n) is 8.27. The molecule has 0 radical (unpaired) electrons. The molecule has 3 rings (SSSR count). The van der Waals surface area contributed by atoms with Crippen molar-refractivity contribution in [1.29, 1.82) is 0 Å². The number of carboxylic acid groups (broad SMARTS) is 1. The van der Waals surface area contributed by atoms with Crippen molar-refractivity contribution < 1.29 is 25.5 Å². The second-order valence-corrected chi connectivity index (χ2v) is 8.27. The Labute approximate surface area is 191 Å². The SMILES string of the molecule is [2H]C(C)(C)N(Cc1ccccc1OCCCCCC(=O)O)C(=O)c1ccc(C2CCO2)cc1. The average Bonchev–Trinajstić information content (AvgIpc) is 2.73. The van der Waals surface area contributed by atoms with Gasteiger partial charge in [-0.3, -0.25) is 9.59 Å². The van der Waals surface area contributed by atoms with Gasteiger partial charge in [0.15, 0.2) is 0 Å². The van der Waals surface area contributed by atoms with Gasteiger partial charge in [0, 0.05) is 36.5 Å². The highest BCUT2D eigenvalue weighted by atomic mass is 16.5. The van der Waals surface area contributed by atoms with Gasteiger partial charge < -0.3 is 19.5 Å². The Morgan fingerprint density at radius 1 is 1.16 bits per heavy atom. The standard InChI is InChI=1S/C26H33NO5/c1-19(2)27(26(30)21-13-11-20(12-14-21)24-15-17-32-24)18-22-8-5-6-9-23(22)31-16-7-3-4-10-25(28)29/h5-6,8-9,11-14,19,24H,3-4,7,10,15-18H2,1-2H3,(H,28,29)/i19D. The van der Waals surface area contributed by atoms with Gasteiger partial charge in [-0.15, -0.1) is 0 Å². The molecule has 1 atom stereocenters. The van der Waals surface area contributed by atoms with Crippen LogP contribution in [-0.2, 0) is 16.1 Å². The quantitative estimate of drug-likeness (QED) is 0.458. The molecule has 2 aromatic rings. The van der Waals surface area contributed by atoms with Gasteiger partial charge in [-0.25, -0.2) is 0 Å². The number of carbonyl (C=O) groups excluding carboxylic acids is 1. The average molecular weight is 441 g/mol. The summed E-state index contributed by atoms with van der Waals surface area (Å²) in [7, 11) is 0. The fourth-order valence-corrected chi connectivity index (χ4v) is 3.61. The van der Waals surface area contributed by atoms with Crippen LogP contribution in [-0.4, -0.2) is 41.1 Å². The predicted octanol–water partition coefficient (Wildman–Crippen LogP) is 5.22. The van der Waals surface area contributed by atoms with E-state index in [-0.39, 0.29) is 25.0 Å². The second kappa shape index (κ2) is 11.7. The van der Waals surface area contributed by atoms with Crippen molar-refractivity contribution >= 4 is 11.9 Å². The molecule has 0 spiro atoms. The minimum Gasteiger partial charge on any atom is -0.493 e. The molecule has 6 nitrogen and oxygen atoms in total. The molecule has 0 aliphatic carbocycles. The number of carboxylic acids is 1. The Bertz CT molecular complexity index is 934. The van der Waals surface area contributed by atoms with Gasteiger partial charge in [-0.2, -0.15) is 0 Å². The predicted molar refractivity (Wildman–Crippen MR) is 123 cm³/mol. The summed E-state index contributed by atoms with van der Waals surface area (Å²) in [6.45, 7) is 4.90. The lowest BCUT2D eigenvalue weighted by Crippen LogP contribution is -2.36. The summed E-state index contributed by atoms with van der Waals surface area (Å²) in [5.74, 6) is -0.315. The zero-order valence-corrected chi connectivity index (χ0v) is 18.9. The van der Waals surface area contributed by atoms with Crippen LogP contribution in [0.25, 0.3) is 0 Å². The lowest BCUT2D eigenvalue weighted by molar-refractivity contribution is -0.137. The molecule has 1 heterocycles. The molecule has 1 aliphatic rings. The van der Waals surface area contributed by atoms with Crippen LogP contribution in [0.3, 0.4) is 0 Å². The van der Waals surface area contributed by atoms with Gasteiger partial charge in [0.1, 0.15) is 5.75 Å². The fraction of sp³-hybridized carbons (Fsp3) is 0.462. The topological polar surface area (TPSA) is 76.1 Å². The highest BCUT2D eigenvalue weighted by molar-refractivity contribution is 5.94. The number of benzene rings is 2. The van der Waals surface area contributed by atoms with E-state index in [2.05, 4.69) is 0 Å². The molecule has 172 valence electrons. The van der Waals surface area contributed by atoms with Gasteiger partial charge >= 0.3 is 5.97 Å². The number of nitrogens with zero attached hydrogens (tertiary/aromatic N) is 1. The van der Waals surface area contributed by atoms with Crippen molar-refractivity contribution in [2.24, 2.45) is 0 Å². The molecule has 1 fully saturated rings. The number of ether oxygens (including phenoxy) is 2. The molecule has 1 unspecified atom stereocenters. The molecule has 1 N–H and O–H groups in total. The molecular formula is C26H33NO5. The van der Waals surface area contributed by atoms with Gasteiger partial charge in [0.2, 0.25) is 0 Å². The first kappa shape index (κ1) is 22.3. The van der Waals surface area contributed by atoms with Crippen molar-refractivity contribution in [3.8, 4) is 5.75 Å². The first-order valence-electron chi connectivity index (χ1n) is 11.7. The fourth-order valence-electron chi connectivity index (χ4n) is 3.61. The van der Waals surface area contributed by atoms with Crippen LogP contribution in [0, 0.1) is 0 Å². The summed E-state index contributed by atoms with van der Waals surface area (Å²) in [5.41, 5.74) is 2.43. The van der Waals surface area contributed by atoms with Crippen molar-refractivity contribution in [3.63, 3.8) is 0 Å². The van der Waals surface area contributed by atoms with E-state index in [1.165, 1.54) is 4.90 Å². The van der Waals surface area contributed by atoms with Crippen LogP contribution in [0.15, 0.2) is 48.5 Å². The lowest BCUT2D eigenvalue weighted by Gasteiger charge is -2.29. The summed E-state index contributed by atoms with van der Waals surface area (Å²) >= 11 is 0. The largest absolute Gasteiger partial charge is 0.493 e. The summed E-state index contributed by atoms with van der Waals surface area (Å²) < 4.78 is 20.0. The Balaban J connectivity index is 1.66. The third-order valence-electron chi connectivity index (χ3n) is 5.61. The van der Waals surface area contributed by atoms with Crippen LogP contribution in [0.1, 0.15) is 74.9 Å². The van der Waals surface area contributed by atoms with Crippen LogP contribution in [0.2, 0.25) is 0 Å². The van der Waals surface area contributed by atoms with Crippen molar-refractivity contribution in [1.82, 2.24) is 4.90 Å². The highest BCUT2D eigenvalue weighted by Crippen LogP contribution is 2.29. The van der Waals surface area contributed by atoms with Crippen LogP contribution in [0.5, 0.6) is 5.75 Å². The van der Waals surface area contributed by atoms with Crippen molar-refractivity contribution in [2.75, 3.05) is 13.2 Å². The number of aliphatic carboxylic acids is 1. The zero-order chi connectivity index (χ0) is 23.8. The monoisotopic (exact) mass is 440 g/mol. The summed E-state index contributed by atoms with van der Waals surface area (Å²) in [6.07, 6.45) is 3.44. The smallest absolute Gasteiger partial charge is 0.303 e. The number of carbonyl (C=O) groups is 2. The number of unbranched alkanes of at least 4 members (excludes halogenated alkanes) is 2. The Kier molecular flexibility index (Phi) is 8.15. The molecule has 6 heteroatoms. The van der Waals surface area contributed by atoms with E-state index in [1.807, 2.05) is 36.4 Å². The molecule has 1 saturated heterocycles. The maximum atomic E-state index is 13.3. The van der Waals surface area contributed by atoms with E-state index in [9.17, 15) is 9.59 Å². The van der Waals surface area contributed by atoms with Crippen LogP contribution >= 0.6 is 0 Å². The van der Waals surface area contributed by atoms with E-state index in [0.717, 1.165) is 37.0 Å². The molecule has 32 heavy (non-hydrogen) atoms. The minimum atomic E-state index is -1.13. The van der Waals surface area contributed by atoms with Crippen LogP contribution in [0.4, 0.5) is 0 Å². The van der Waals surface area contributed by atoms with Gasteiger partial charge in [0.05, 0.1) is 20.7 Å². The number of amides is 1. The molecular weight excluding hydrogens is 406 g/mol. The van der Waals surface area contributed by atoms with E-state index in [0.29, 0.717) is 24.3 Å². The maximum Gasteiger partial charge on any atom is 0.303 e. The highest BCUT2D eigenvalue weighted by Gasteiger charge is 2.23. The lowest BCUT2D eigenvalue weighted by atomic mass is 10.0. The molecule has 0 bridgehead atoms. The first-order valence-corrected chi connectivity index (χ1v) is 11.2. The normalized spacial score (nSPS) is 16.1. The number of hydrogen-bond acceptors (Lipinski definition) is 4. The van der Waals surface area contributed by atoms with E-state index >= 15 is 0 Å². The van der Waals surface area contributed by atoms with Crippen LogP contribution < -0.4 is 4.74 Å². The van der Waals surface area contributed by atoms with Gasteiger partial charge in [0.25, 0.3) is 5.91 Å². The Morgan fingerprint density at radius 2 is 1.88 bits per heavy atom. The molecule has 0 saturated carbocycles. The van der Waals surface area contributed by atoms with Crippen molar-refractivity contribution in [2.45, 2.75) is 64.6 Å². The minimum absolute atomic E-state index is 0.117.